The van der Waals surface area contributed by atoms with Crippen LogP contribution in [-0.4, -0.2) is 10.9 Å². The van der Waals surface area contributed by atoms with Crippen molar-refractivity contribution in [3.63, 3.8) is 0 Å². The van der Waals surface area contributed by atoms with Gasteiger partial charge in [0.25, 0.3) is 0 Å². The molecule has 1 unspecified atom stereocenters. The van der Waals surface area contributed by atoms with Gasteiger partial charge in [-0.15, -0.1) is 6.58 Å². The molecule has 2 radical (unpaired) electrons. The van der Waals surface area contributed by atoms with Gasteiger partial charge in [-0.3, -0.25) is 0 Å². The van der Waals surface area contributed by atoms with Crippen molar-refractivity contribution in [2.24, 2.45) is 0 Å². The Kier molecular flexibility index (Phi) is 1.85. The summed E-state index contributed by atoms with van der Waals surface area (Å²) in [5.41, 5.74) is 0.812. The second-order valence-corrected chi connectivity index (χ2v) is 3.00. The van der Waals surface area contributed by atoms with Crippen molar-refractivity contribution in [2.45, 2.75) is 12.2 Å². The van der Waals surface area contributed by atoms with Crippen LogP contribution in [0.3, 0.4) is 0 Å². The predicted octanol–water partition coefficient (Wildman–Crippen LogP) is 1.77. The third-order valence-corrected chi connectivity index (χ3v) is 1.92. The molecule has 1 heterocycles. The highest BCUT2D eigenvalue weighted by Gasteiger charge is 2.36. The molecule has 0 saturated carbocycles. The van der Waals surface area contributed by atoms with E-state index < -0.39 is 5.79 Å². The maximum Gasteiger partial charge on any atom is 0.223 e. The molecule has 1 atom stereocenters. The Morgan fingerprint density at radius 2 is 2.31 bits per heavy atom. The summed E-state index contributed by atoms with van der Waals surface area (Å²) in [5, 5.41) is 9.81. The predicted molar refractivity (Wildman–Crippen MR) is 49.2 cm³/mol. The van der Waals surface area contributed by atoms with E-state index in [1.807, 2.05) is 24.3 Å². The second kappa shape index (κ2) is 2.89. The van der Waals surface area contributed by atoms with E-state index in [4.69, 9.17) is 4.74 Å². The van der Waals surface area contributed by atoms with Gasteiger partial charge in [-0.1, -0.05) is 24.3 Å². The maximum atomic E-state index is 9.81. The molecule has 0 saturated heterocycles. The molecular weight excluding hydrogens is 164 g/mol. The highest BCUT2D eigenvalue weighted by molar-refractivity contribution is 5.45. The van der Waals surface area contributed by atoms with Gasteiger partial charge in [0, 0.05) is 12.0 Å². The summed E-state index contributed by atoms with van der Waals surface area (Å²) in [5.74, 6) is -0.641. The molecule has 2 heteroatoms. The number of fused-ring (bicyclic) bond motifs is 1. The lowest BCUT2D eigenvalue weighted by molar-refractivity contribution is -0.0901. The normalized spacial score (nSPS) is 25.0. The van der Waals surface area contributed by atoms with Gasteiger partial charge in [-0.05, 0) is 6.07 Å². The van der Waals surface area contributed by atoms with Crippen LogP contribution in [0.15, 0.2) is 36.9 Å². The molecule has 1 aromatic rings. The fraction of sp³-hybridized carbons (Fsp3) is 0.182. The van der Waals surface area contributed by atoms with Gasteiger partial charge in [-0.2, -0.15) is 0 Å². The third-order valence-electron chi connectivity index (χ3n) is 1.92. The van der Waals surface area contributed by atoms with Gasteiger partial charge in [0.1, 0.15) is 5.75 Å². The SMILES string of the molecule is C=CCC1(O)[C]c2ccccc2O1. The van der Waals surface area contributed by atoms with Crippen LogP contribution in [0, 0.1) is 6.42 Å². The van der Waals surface area contributed by atoms with Crippen LogP contribution in [-0.2, 0) is 0 Å². The minimum Gasteiger partial charge on any atom is -0.461 e. The van der Waals surface area contributed by atoms with E-state index in [1.54, 1.807) is 6.08 Å². The van der Waals surface area contributed by atoms with E-state index in [2.05, 4.69) is 13.0 Å². The minimum absolute atomic E-state index is 0.349. The minimum atomic E-state index is -1.31. The first-order valence-corrected chi connectivity index (χ1v) is 4.13. The number of rotatable bonds is 2. The molecule has 66 valence electrons. The fourth-order valence-corrected chi connectivity index (χ4v) is 1.37. The Balaban J connectivity index is 2.26. The molecule has 2 nitrogen and oxygen atoms in total. The summed E-state index contributed by atoms with van der Waals surface area (Å²) in [6.07, 6.45) is 4.83. The van der Waals surface area contributed by atoms with E-state index >= 15 is 0 Å². The number of hydrogen-bond acceptors (Lipinski definition) is 2. The van der Waals surface area contributed by atoms with E-state index in [0.717, 1.165) is 5.56 Å². The largest absolute Gasteiger partial charge is 0.461 e. The molecule has 0 amide bonds. The lowest BCUT2D eigenvalue weighted by atomic mass is 10.1. The van der Waals surface area contributed by atoms with Crippen molar-refractivity contribution in [2.75, 3.05) is 0 Å². The van der Waals surface area contributed by atoms with Crippen molar-refractivity contribution < 1.29 is 9.84 Å². The summed E-state index contributed by atoms with van der Waals surface area (Å²) in [4.78, 5) is 0. The Bertz CT molecular complexity index is 306. The quantitative estimate of drug-likeness (QED) is 0.692. The monoisotopic (exact) mass is 174 g/mol. The second-order valence-electron chi connectivity index (χ2n) is 3.00. The Labute approximate surface area is 77.5 Å². The molecule has 2 rings (SSSR count). The van der Waals surface area contributed by atoms with Crippen LogP contribution < -0.4 is 4.74 Å². The molecule has 0 spiro atoms. The summed E-state index contributed by atoms with van der Waals surface area (Å²) in [6, 6.07) is 7.41. The Morgan fingerprint density at radius 3 is 3.00 bits per heavy atom. The zero-order chi connectivity index (χ0) is 9.31. The molecular formula is C11H10O2. The molecule has 0 bridgehead atoms. The molecule has 1 N–H and O–H groups in total. The Morgan fingerprint density at radius 1 is 1.54 bits per heavy atom. The smallest absolute Gasteiger partial charge is 0.223 e. The highest BCUT2D eigenvalue weighted by atomic mass is 16.6. The first-order chi connectivity index (χ1) is 6.23. The van der Waals surface area contributed by atoms with Gasteiger partial charge in [0.15, 0.2) is 0 Å². The van der Waals surface area contributed by atoms with Crippen LogP contribution in [0.5, 0.6) is 5.75 Å². The number of para-hydroxylation sites is 1. The van der Waals surface area contributed by atoms with Crippen molar-refractivity contribution >= 4 is 0 Å². The fourth-order valence-electron chi connectivity index (χ4n) is 1.37. The van der Waals surface area contributed by atoms with Gasteiger partial charge in [-0.25, -0.2) is 0 Å². The Hall–Kier alpha value is -1.28. The number of aliphatic hydroxyl groups is 1. The van der Waals surface area contributed by atoms with Gasteiger partial charge >= 0.3 is 0 Å². The standard InChI is InChI=1S/C11H10O2/c1-2-7-11(12)8-9-5-3-4-6-10(9)13-11/h2-6,12H,1,7H2. The van der Waals surface area contributed by atoms with Gasteiger partial charge in [0.2, 0.25) is 5.79 Å². The van der Waals surface area contributed by atoms with Crippen LogP contribution in [0.25, 0.3) is 0 Å². The van der Waals surface area contributed by atoms with Crippen LogP contribution in [0.4, 0.5) is 0 Å². The first-order valence-electron chi connectivity index (χ1n) is 4.13. The van der Waals surface area contributed by atoms with E-state index in [-0.39, 0.29) is 0 Å². The number of ether oxygens (including phenoxy) is 1. The van der Waals surface area contributed by atoms with Crippen LogP contribution in [0.2, 0.25) is 0 Å². The van der Waals surface area contributed by atoms with Gasteiger partial charge < -0.3 is 9.84 Å². The van der Waals surface area contributed by atoms with E-state index in [1.165, 1.54) is 0 Å². The molecule has 0 fully saturated rings. The average molecular weight is 174 g/mol. The molecule has 1 aliphatic heterocycles. The van der Waals surface area contributed by atoms with E-state index in [9.17, 15) is 5.11 Å². The lowest BCUT2D eigenvalue weighted by Gasteiger charge is -2.19. The summed E-state index contributed by atoms with van der Waals surface area (Å²) >= 11 is 0. The first kappa shape index (κ1) is 8.32. The topological polar surface area (TPSA) is 29.5 Å². The van der Waals surface area contributed by atoms with E-state index in [0.29, 0.717) is 12.2 Å². The average Bonchev–Trinajstić information content (AvgIpc) is 2.40. The summed E-state index contributed by atoms with van der Waals surface area (Å²) in [6.45, 7) is 3.55. The third kappa shape index (κ3) is 1.45. The van der Waals surface area contributed by atoms with Gasteiger partial charge in [0.05, 0.1) is 6.42 Å². The van der Waals surface area contributed by atoms with Crippen molar-refractivity contribution in [1.29, 1.82) is 0 Å². The summed E-state index contributed by atoms with van der Waals surface area (Å²) in [7, 11) is 0. The maximum absolute atomic E-state index is 9.81. The molecule has 0 aromatic heterocycles. The zero-order valence-electron chi connectivity index (χ0n) is 7.16. The van der Waals surface area contributed by atoms with Crippen molar-refractivity contribution in [3.8, 4) is 5.75 Å². The van der Waals surface area contributed by atoms with Crippen LogP contribution in [0.1, 0.15) is 12.0 Å². The molecule has 1 aromatic carbocycles. The molecule has 1 aliphatic rings. The highest BCUT2D eigenvalue weighted by Crippen LogP contribution is 2.36. The summed E-state index contributed by atoms with van der Waals surface area (Å²) < 4.78 is 5.31. The zero-order valence-corrected chi connectivity index (χ0v) is 7.16. The number of benzene rings is 1. The van der Waals surface area contributed by atoms with Crippen molar-refractivity contribution in [1.82, 2.24) is 0 Å². The van der Waals surface area contributed by atoms with Crippen LogP contribution >= 0.6 is 0 Å². The number of hydrogen-bond donors (Lipinski definition) is 1. The van der Waals surface area contributed by atoms with Crippen molar-refractivity contribution in [3.05, 3.63) is 48.9 Å². The molecule has 13 heavy (non-hydrogen) atoms. The molecule has 0 aliphatic carbocycles. The lowest BCUT2D eigenvalue weighted by Crippen LogP contribution is -2.31.